The average Bonchev–Trinajstić information content (AvgIpc) is 2.86. The fourth-order valence-corrected chi connectivity index (χ4v) is 4.56. The zero-order chi connectivity index (χ0) is 23.9. The van der Waals surface area contributed by atoms with Crippen LogP contribution in [0.4, 0.5) is 4.79 Å². The summed E-state index contributed by atoms with van der Waals surface area (Å²) in [6.07, 6.45) is 0.931. The first-order chi connectivity index (χ1) is 16.6. The topological polar surface area (TPSA) is 73.9 Å². The van der Waals surface area contributed by atoms with Crippen LogP contribution in [0.2, 0.25) is 0 Å². The second-order valence-corrected chi connectivity index (χ2v) is 8.78. The van der Waals surface area contributed by atoms with Crippen LogP contribution in [0.1, 0.15) is 36.6 Å². The van der Waals surface area contributed by atoms with Crippen LogP contribution in [0.5, 0.6) is 0 Å². The summed E-state index contributed by atoms with van der Waals surface area (Å²) in [4.78, 5) is 30.3. The number of nitrogens with one attached hydrogen (secondary N) is 2. The van der Waals surface area contributed by atoms with Gasteiger partial charge in [0.15, 0.2) is 0 Å². The number of ether oxygens (including phenoxy) is 1. The lowest BCUT2D eigenvalue weighted by Gasteiger charge is -2.37. The molecule has 1 saturated heterocycles. The number of rotatable bonds is 8. The molecule has 4 rings (SSSR count). The summed E-state index contributed by atoms with van der Waals surface area (Å²) < 4.78 is 5.40. The van der Waals surface area contributed by atoms with E-state index in [0.717, 1.165) is 44.7 Å². The predicted octanol–water partition coefficient (Wildman–Crippen LogP) is 3.24. The van der Waals surface area contributed by atoms with Crippen LogP contribution >= 0.6 is 0 Å². The summed E-state index contributed by atoms with van der Waals surface area (Å²) in [5.74, 6) is -0.391. The maximum Gasteiger partial charge on any atom is 0.338 e. The third-order valence-corrected chi connectivity index (χ3v) is 6.47. The second kappa shape index (κ2) is 11.3. The van der Waals surface area contributed by atoms with Crippen molar-refractivity contribution in [2.45, 2.75) is 32.9 Å². The smallest absolute Gasteiger partial charge is 0.338 e. The minimum absolute atomic E-state index is 0.281. The van der Waals surface area contributed by atoms with Crippen LogP contribution in [0.3, 0.4) is 0 Å². The van der Waals surface area contributed by atoms with Crippen molar-refractivity contribution in [3.8, 4) is 0 Å². The molecule has 0 aliphatic carbocycles. The third kappa shape index (κ3) is 5.85. The predicted molar refractivity (Wildman–Crippen MR) is 132 cm³/mol. The summed E-state index contributed by atoms with van der Waals surface area (Å²) >= 11 is 0. The number of piperazine rings is 1. The Hall–Kier alpha value is -3.16. The van der Waals surface area contributed by atoms with E-state index in [1.54, 1.807) is 6.92 Å². The standard InChI is InChI=1S/C27H34N4O3/c1-3-20-10-12-22(13-11-20)25-24(26(32)34-4-2)23(28-27(33)29-25)19-31-16-14-30(15-17-31)18-21-8-6-5-7-9-21/h5-13,25H,3-4,14-19H2,1-2H3,(H2,28,29,33). The van der Waals surface area contributed by atoms with Gasteiger partial charge in [0.25, 0.3) is 0 Å². The third-order valence-electron chi connectivity index (χ3n) is 6.47. The summed E-state index contributed by atoms with van der Waals surface area (Å²) in [5.41, 5.74) is 4.51. The molecule has 0 bridgehead atoms. The molecule has 2 amide bonds. The Labute approximate surface area is 201 Å². The van der Waals surface area contributed by atoms with E-state index in [4.69, 9.17) is 4.74 Å². The van der Waals surface area contributed by atoms with Crippen LogP contribution in [0, 0.1) is 0 Å². The Morgan fingerprint density at radius 2 is 1.56 bits per heavy atom. The average molecular weight is 463 g/mol. The van der Waals surface area contributed by atoms with Crippen molar-refractivity contribution in [3.05, 3.63) is 82.6 Å². The van der Waals surface area contributed by atoms with E-state index in [2.05, 4.69) is 51.6 Å². The van der Waals surface area contributed by atoms with Gasteiger partial charge < -0.3 is 15.4 Å². The van der Waals surface area contributed by atoms with Gasteiger partial charge >= 0.3 is 12.0 Å². The van der Waals surface area contributed by atoms with E-state index in [9.17, 15) is 9.59 Å². The second-order valence-electron chi connectivity index (χ2n) is 8.78. The Morgan fingerprint density at radius 1 is 0.912 bits per heavy atom. The highest BCUT2D eigenvalue weighted by Crippen LogP contribution is 2.28. The highest BCUT2D eigenvalue weighted by molar-refractivity contribution is 5.95. The number of hydrogen-bond donors (Lipinski definition) is 2. The Bertz CT molecular complexity index is 1010. The van der Waals surface area contributed by atoms with Crippen LogP contribution in [-0.2, 0) is 22.5 Å². The lowest BCUT2D eigenvalue weighted by Crippen LogP contribution is -2.51. The molecule has 34 heavy (non-hydrogen) atoms. The first kappa shape index (κ1) is 24.0. The van der Waals surface area contributed by atoms with E-state index in [1.807, 2.05) is 30.3 Å². The lowest BCUT2D eigenvalue weighted by atomic mass is 9.94. The van der Waals surface area contributed by atoms with E-state index < -0.39 is 12.0 Å². The maximum atomic E-state index is 13.0. The van der Waals surface area contributed by atoms with Crippen molar-refractivity contribution in [2.24, 2.45) is 0 Å². The van der Waals surface area contributed by atoms with Crippen molar-refractivity contribution in [1.82, 2.24) is 20.4 Å². The van der Waals surface area contributed by atoms with Gasteiger partial charge in [-0.3, -0.25) is 9.80 Å². The van der Waals surface area contributed by atoms with Crippen LogP contribution in [0.15, 0.2) is 65.9 Å². The molecule has 2 aromatic carbocycles. The molecule has 0 radical (unpaired) electrons. The number of amides is 2. The fourth-order valence-electron chi connectivity index (χ4n) is 4.56. The molecule has 2 N–H and O–H groups in total. The van der Waals surface area contributed by atoms with Gasteiger partial charge in [0.1, 0.15) is 0 Å². The normalized spacial score (nSPS) is 19.5. The largest absolute Gasteiger partial charge is 0.463 e. The van der Waals surface area contributed by atoms with E-state index in [0.29, 0.717) is 17.8 Å². The SMILES string of the molecule is CCOC(=O)C1=C(CN2CCN(Cc3ccccc3)CC2)NC(=O)NC1c1ccc(CC)cc1. The molecule has 0 aromatic heterocycles. The summed E-state index contributed by atoms with van der Waals surface area (Å²) in [7, 11) is 0. The van der Waals surface area contributed by atoms with E-state index >= 15 is 0 Å². The minimum atomic E-state index is -0.534. The number of carbonyl (C=O) groups excluding carboxylic acids is 2. The first-order valence-electron chi connectivity index (χ1n) is 12.1. The molecule has 2 heterocycles. The molecule has 1 atom stereocenters. The zero-order valence-corrected chi connectivity index (χ0v) is 20.0. The molecule has 7 nitrogen and oxygen atoms in total. The van der Waals surface area contributed by atoms with Crippen molar-refractivity contribution in [1.29, 1.82) is 0 Å². The van der Waals surface area contributed by atoms with Gasteiger partial charge in [-0.05, 0) is 30.0 Å². The molecule has 1 fully saturated rings. The molecule has 2 aliphatic heterocycles. The van der Waals surface area contributed by atoms with Crippen LogP contribution in [-0.4, -0.2) is 61.1 Å². The van der Waals surface area contributed by atoms with Gasteiger partial charge in [-0.2, -0.15) is 0 Å². The minimum Gasteiger partial charge on any atom is -0.463 e. The van der Waals surface area contributed by atoms with Crippen molar-refractivity contribution < 1.29 is 14.3 Å². The highest BCUT2D eigenvalue weighted by atomic mass is 16.5. The highest BCUT2D eigenvalue weighted by Gasteiger charge is 2.34. The molecule has 1 unspecified atom stereocenters. The van der Waals surface area contributed by atoms with Gasteiger partial charge in [-0.1, -0.05) is 61.5 Å². The molecule has 0 saturated carbocycles. The zero-order valence-electron chi connectivity index (χ0n) is 20.0. The molecule has 7 heteroatoms. The number of benzene rings is 2. The van der Waals surface area contributed by atoms with E-state index in [1.165, 1.54) is 11.1 Å². The number of carbonyl (C=O) groups is 2. The quantitative estimate of drug-likeness (QED) is 0.590. The number of nitrogens with zero attached hydrogens (tertiary/aromatic N) is 2. The van der Waals surface area contributed by atoms with Gasteiger partial charge in [-0.15, -0.1) is 0 Å². The van der Waals surface area contributed by atoms with Crippen LogP contribution < -0.4 is 10.6 Å². The number of aryl methyl sites for hydroxylation is 1. The summed E-state index contributed by atoms with van der Waals surface area (Å²) in [5, 5.41) is 5.83. The van der Waals surface area contributed by atoms with Gasteiger partial charge in [0.05, 0.1) is 18.2 Å². The molecule has 2 aliphatic rings. The van der Waals surface area contributed by atoms with Gasteiger partial charge in [-0.25, -0.2) is 9.59 Å². The molecular formula is C27H34N4O3. The fraction of sp³-hybridized carbons (Fsp3) is 0.407. The maximum absolute atomic E-state index is 13.0. The molecule has 0 spiro atoms. The summed E-state index contributed by atoms with van der Waals surface area (Å²) in [6.45, 7) is 9.22. The Morgan fingerprint density at radius 3 is 2.18 bits per heavy atom. The first-order valence-corrected chi connectivity index (χ1v) is 12.1. The Kier molecular flexibility index (Phi) is 7.98. The number of esters is 1. The van der Waals surface area contributed by atoms with Crippen molar-refractivity contribution in [3.63, 3.8) is 0 Å². The van der Waals surface area contributed by atoms with Crippen molar-refractivity contribution >= 4 is 12.0 Å². The van der Waals surface area contributed by atoms with Crippen molar-refractivity contribution in [2.75, 3.05) is 39.3 Å². The lowest BCUT2D eigenvalue weighted by molar-refractivity contribution is -0.139. The number of urea groups is 1. The molecule has 180 valence electrons. The summed E-state index contributed by atoms with van der Waals surface area (Å²) in [6, 6.07) is 17.7. The Balaban J connectivity index is 1.51. The van der Waals surface area contributed by atoms with Crippen LogP contribution in [0.25, 0.3) is 0 Å². The molecule has 2 aromatic rings. The van der Waals surface area contributed by atoms with E-state index in [-0.39, 0.29) is 12.6 Å². The van der Waals surface area contributed by atoms with Gasteiger partial charge in [0.2, 0.25) is 0 Å². The number of hydrogen-bond acceptors (Lipinski definition) is 5. The molecular weight excluding hydrogens is 428 g/mol. The van der Waals surface area contributed by atoms with Gasteiger partial charge in [0, 0.05) is 45.0 Å². The monoisotopic (exact) mass is 462 g/mol.